The van der Waals surface area contributed by atoms with E-state index in [1.54, 1.807) is 6.92 Å². The van der Waals surface area contributed by atoms with Gasteiger partial charge in [-0.25, -0.2) is 4.79 Å². The molecule has 5 heteroatoms. The zero-order chi connectivity index (χ0) is 14.2. The van der Waals surface area contributed by atoms with E-state index in [4.69, 9.17) is 4.74 Å². The Bertz CT molecular complexity index is 665. The maximum absolute atomic E-state index is 12.1. The second-order valence-electron chi connectivity index (χ2n) is 5.35. The number of ether oxygens (including phenoxy) is 1. The number of nitrogens with zero attached hydrogens (tertiary/aromatic N) is 2. The summed E-state index contributed by atoms with van der Waals surface area (Å²) >= 11 is 0. The molecule has 2 aromatic rings. The van der Waals surface area contributed by atoms with Crippen molar-refractivity contribution in [3.05, 3.63) is 30.0 Å². The van der Waals surface area contributed by atoms with Crippen LogP contribution in [0.15, 0.2) is 24.3 Å². The first-order valence-corrected chi connectivity index (χ1v) is 6.84. The lowest BCUT2D eigenvalue weighted by molar-refractivity contribution is 0.0519. The second kappa shape index (κ2) is 4.74. The van der Waals surface area contributed by atoms with Crippen LogP contribution in [0.2, 0.25) is 0 Å². The van der Waals surface area contributed by atoms with Gasteiger partial charge in [0.15, 0.2) is 5.69 Å². The van der Waals surface area contributed by atoms with E-state index in [1.807, 2.05) is 24.3 Å². The third-order valence-corrected chi connectivity index (χ3v) is 3.56. The highest BCUT2D eigenvalue weighted by Gasteiger charge is 2.38. The van der Waals surface area contributed by atoms with Gasteiger partial charge in [0.1, 0.15) is 0 Å². The number of hydrogen-bond acceptors (Lipinski definition) is 5. The van der Waals surface area contributed by atoms with E-state index in [0.29, 0.717) is 6.61 Å². The Morgan fingerprint density at radius 3 is 2.80 bits per heavy atom. The summed E-state index contributed by atoms with van der Waals surface area (Å²) in [6.07, 6.45) is 2.18. The molecule has 1 saturated carbocycles. The Labute approximate surface area is 117 Å². The molecule has 1 aromatic heterocycles. The molecule has 0 aliphatic heterocycles. The average Bonchev–Trinajstić information content (AvgIpc) is 3.17. The van der Waals surface area contributed by atoms with Crippen molar-refractivity contribution in [3.63, 3.8) is 0 Å². The molecule has 1 N–H and O–H groups in total. The van der Waals surface area contributed by atoms with Gasteiger partial charge in [0.25, 0.3) is 0 Å². The standard InChI is InChI=1S/C15H17N3O2/c1-3-20-14(19)13-12(16-15(2)8-9-15)10-6-4-5-7-11(10)17-18-13/h4-7H,3,8-9H2,1-2H3,(H,16,17). The largest absolute Gasteiger partial charge is 0.461 e. The molecule has 1 aliphatic carbocycles. The number of carbonyl (C=O) groups excluding carboxylic acids is 1. The van der Waals surface area contributed by atoms with Crippen LogP contribution in [-0.2, 0) is 4.74 Å². The number of benzene rings is 1. The summed E-state index contributed by atoms with van der Waals surface area (Å²) in [5, 5.41) is 12.5. The Morgan fingerprint density at radius 2 is 2.10 bits per heavy atom. The first kappa shape index (κ1) is 12.8. The molecule has 20 heavy (non-hydrogen) atoms. The molecule has 1 aliphatic rings. The lowest BCUT2D eigenvalue weighted by Gasteiger charge is -2.17. The summed E-state index contributed by atoms with van der Waals surface area (Å²) in [5.41, 5.74) is 1.81. The molecule has 5 nitrogen and oxygen atoms in total. The highest BCUT2D eigenvalue weighted by Crippen LogP contribution is 2.40. The van der Waals surface area contributed by atoms with Gasteiger partial charge >= 0.3 is 5.97 Å². The zero-order valence-corrected chi connectivity index (χ0v) is 11.6. The Hall–Kier alpha value is -2.17. The topological polar surface area (TPSA) is 64.1 Å². The highest BCUT2D eigenvalue weighted by atomic mass is 16.5. The highest BCUT2D eigenvalue weighted by molar-refractivity contribution is 6.03. The minimum atomic E-state index is -0.433. The minimum Gasteiger partial charge on any atom is -0.461 e. The van der Waals surface area contributed by atoms with Crippen LogP contribution in [0.1, 0.15) is 37.2 Å². The van der Waals surface area contributed by atoms with Crippen LogP contribution >= 0.6 is 0 Å². The minimum absolute atomic E-state index is 0.0487. The zero-order valence-electron chi connectivity index (χ0n) is 11.6. The van der Waals surface area contributed by atoms with Crippen molar-refractivity contribution in [1.82, 2.24) is 10.2 Å². The fourth-order valence-corrected chi connectivity index (χ4v) is 2.14. The Balaban J connectivity index is 2.12. The van der Waals surface area contributed by atoms with Crippen LogP contribution in [0.25, 0.3) is 10.9 Å². The fraction of sp³-hybridized carbons (Fsp3) is 0.400. The number of hydrogen-bond donors (Lipinski definition) is 1. The van der Waals surface area contributed by atoms with Gasteiger partial charge in [-0.1, -0.05) is 18.2 Å². The second-order valence-corrected chi connectivity index (χ2v) is 5.35. The summed E-state index contributed by atoms with van der Waals surface area (Å²) in [5.74, 6) is -0.433. The van der Waals surface area contributed by atoms with Crippen molar-refractivity contribution in [3.8, 4) is 0 Å². The predicted molar refractivity (Wildman–Crippen MR) is 76.8 cm³/mol. The van der Waals surface area contributed by atoms with E-state index in [-0.39, 0.29) is 11.2 Å². The van der Waals surface area contributed by atoms with E-state index in [2.05, 4.69) is 22.4 Å². The van der Waals surface area contributed by atoms with Gasteiger partial charge in [-0.15, -0.1) is 10.2 Å². The number of rotatable bonds is 4. The van der Waals surface area contributed by atoms with Crippen molar-refractivity contribution >= 4 is 22.6 Å². The average molecular weight is 271 g/mol. The van der Waals surface area contributed by atoms with Crippen molar-refractivity contribution in [1.29, 1.82) is 0 Å². The number of nitrogens with one attached hydrogen (secondary N) is 1. The van der Waals surface area contributed by atoms with Gasteiger partial charge in [0, 0.05) is 10.9 Å². The van der Waals surface area contributed by atoms with Crippen molar-refractivity contribution in [2.45, 2.75) is 32.2 Å². The monoisotopic (exact) mass is 271 g/mol. The molecule has 0 atom stereocenters. The van der Waals surface area contributed by atoms with Gasteiger partial charge in [-0.05, 0) is 32.8 Å². The lowest BCUT2D eigenvalue weighted by atomic mass is 10.1. The Kier molecular flexibility index (Phi) is 3.04. The molecule has 0 unspecified atom stereocenters. The molecule has 0 bridgehead atoms. The predicted octanol–water partition coefficient (Wildman–Crippen LogP) is 2.77. The molecule has 0 spiro atoms. The van der Waals surface area contributed by atoms with Crippen molar-refractivity contribution in [2.24, 2.45) is 0 Å². The summed E-state index contributed by atoms with van der Waals surface area (Å²) in [6, 6.07) is 7.67. The summed E-state index contributed by atoms with van der Waals surface area (Å²) in [7, 11) is 0. The summed E-state index contributed by atoms with van der Waals surface area (Å²) in [4.78, 5) is 12.1. The van der Waals surface area contributed by atoms with Crippen LogP contribution in [0.3, 0.4) is 0 Å². The van der Waals surface area contributed by atoms with Gasteiger partial charge < -0.3 is 10.1 Å². The number of aromatic nitrogens is 2. The van der Waals surface area contributed by atoms with Gasteiger partial charge in [0.05, 0.1) is 17.8 Å². The fourth-order valence-electron chi connectivity index (χ4n) is 2.14. The van der Waals surface area contributed by atoms with E-state index in [1.165, 1.54) is 0 Å². The van der Waals surface area contributed by atoms with Crippen LogP contribution in [0, 0.1) is 0 Å². The summed E-state index contributed by atoms with van der Waals surface area (Å²) < 4.78 is 5.07. The third kappa shape index (κ3) is 2.31. The van der Waals surface area contributed by atoms with E-state index in [0.717, 1.165) is 29.4 Å². The number of esters is 1. The van der Waals surface area contributed by atoms with Gasteiger partial charge in [-0.2, -0.15) is 0 Å². The van der Waals surface area contributed by atoms with Crippen molar-refractivity contribution in [2.75, 3.05) is 11.9 Å². The van der Waals surface area contributed by atoms with E-state index in [9.17, 15) is 4.79 Å². The number of fused-ring (bicyclic) bond motifs is 1. The normalized spacial score (nSPS) is 15.9. The molecule has 1 aromatic carbocycles. The van der Waals surface area contributed by atoms with Gasteiger partial charge in [-0.3, -0.25) is 0 Å². The Morgan fingerprint density at radius 1 is 1.35 bits per heavy atom. The first-order valence-electron chi connectivity index (χ1n) is 6.84. The number of anilines is 1. The smallest absolute Gasteiger partial charge is 0.361 e. The summed E-state index contributed by atoms with van der Waals surface area (Å²) in [6.45, 7) is 4.24. The van der Waals surface area contributed by atoms with Crippen LogP contribution in [0.4, 0.5) is 5.69 Å². The van der Waals surface area contributed by atoms with Gasteiger partial charge in [0.2, 0.25) is 0 Å². The van der Waals surface area contributed by atoms with E-state index >= 15 is 0 Å². The van der Waals surface area contributed by atoms with Crippen molar-refractivity contribution < 1.29 is 9.53 Å². The van der Waals surface area contributed by atoms with Crippen LogP contribution in [-0.4, -0.2) is 28.3 Å². The van der Waals surface area contributed by atoms with Crippen LogP contribution in [0.5, 0.6) is 0 Å². The lowest BCUT2D eigenvalue weighted by Crippen LogP contribution is -2.21. The first-order chi connectivity index (χ1) is 9.63. The molecular formula is C15H17N3O2. The molecule has 0 radical (unpaired) electrons. The third-order valence-electron chi connectivity index (χ3n) is 3.56. The molecule has 3 rings (SSSR count). The quantitative estimate of drug-likeness (QED) is 0.866. The molecule has 1 fully saturated rings. The maximum Gasteiger partial charge on any atom is 0.361 e. The molecule has 1 heterocycles. The maximum atomic E-state index is 12.1. The molecule has 0 saturated heterocycles. The SMILES string of the molecule is CCOC(=O)c1nnc2ccccc2c1NC1(C)CC1. The van der Waals surface area contributed by atoms with E-state index < -0.39 is 5.97 Å². The van der Waals surface area contributed by atoms with Crippen LogP contribution < -0.4 is 5.32 Å². The molecule has 0 amide bonds. The molecular weight excluding hydrogens is 254 g/mol. The number of carbonyl (C=O) groups is 1. The molecule has 104 valence electrons.